The summed E-state index contributed by atoms with van der Waals surface area (Å²) in [6, 6.07) is 0. The molecule has 0 unspecified atom stereocenters. The Bertz CT molecular complexity index is 161. The summed E-state index contributed by atoms with van der Waals surface area (Å²) in [6.07, 6.45) is 0. The van der Waals surface area contributed by atoms with Crippen molar-refractivity contribution in [2.24, 2.45) is 5.73 Å². The highest BCUT2D eigenvalue weighted by Gasteiger charge is 2.01. The van der Waals surface area contributed by atoms with Crippen LogP contribution in [0.4, 0.5) is 0 Å². The maximum absolute atomic E-state index is 10.1. The second-order valence-corrected chi connectivity index (χ2v) is 3.75. The van der Waals surface area contributed by atoms with E-state index in [9.17, 15) is 4.79 Å². The molecule has 0 spiro atoms. The number of carbonyl (C=O) groups is 1. The maximum Gasteiger partial charge on any atom is 0.419 e. The van der Waals surface area contributed by atoms with E-state index < -0.39 is 6.95 Å². The number of ether oxygens (including phenoxy) is 1. The van der Waals surface area contributed by atoms with Crippen LogP contribution in [0, 0.1) is 0 Å². The van der Waals surface area contributed by atoms with E-state index in [-0.39, 0.29) is 12.5 Å². The van der Waals surface area contributed by atoms with Crippen molar-refractivity contribution in [3.05, 3.63) is 0 Å². The molecular formula is C4H11ClNO5P. The summed E-state index contributed by atoms with van der Waals surface area (Å²) in [5.41, 5.74) is 4.88. The number of nitrogens with two attached hydrogens (primary N) is 1. The highest BCUT2D eigenvalue weighted by Crippen LogP contribution is 2.39. The normalized spacial score (nSPS) is 9.75. The highest BCUT2D eigenvalue weighted by molar-refractivity contribution is 7.79. The van der Waals surface area contributed by atoms with E-state index in [1.807, 2.05) is 0 Å². The topological polar surface area (TPSA) is 110 Å². The minimum Gasteiger partial charge on any atom is -0.465 e. The van der Waals surface area contributed by atoms with Gasteiger partial charge in [0.15, 0.2) is 0 Å². The van der Waals surface area contributed by atoms with Gasteiger partial charge in [-0.15, -0.1) is 0 Å². The summed E-state index contributed by atoms with van der Waals surface area (Å²) < 4.78 is 13.5. The minimum absolute atomic E-state index is 0.0200. The van der Waals surface area contributed by atoms with Crippen molar-refractivity contribution in [2.75, 3.05) is 13.2 Å². The zero-order valence-corrected chi connectivity index (χ0v) is 8.09. The van der Waals surface area contributed by atoms with Gasteiger partial charge in [-0.05, 0) is 6.92 Å². The van der Waals surface area contributed by atoms with Crippen molar-refractivity contribution in [1.82, 2.24) is 0 Å². The van der Waals surface area contributed by atoms with Gasteiger partial charge in [0.1, 0.15) is 0 Å². The Labute approximate surface area is 74.6 Å². The average molecular weight is 220 g/mol. The Hall–Kier alpha value is -0.130. The van der Waals surface area contributed by atoms with Gasteiger partial charge >= 0.3 is 12.9 Å². The summed E-state index contributed by atoms with van der Waals surface area (Å²) >= 11 is 4.20. The number of esters is 1. The van der Waals surface area contributed by atoms with Gasteiger partial charge in [-0.3, -0.25) is 4.79 Å². The quantitative estimate of drug-likeness (QED) is 0.439. The highest BCUT2D eigenvalue weighted by atomic mass is 35.7. The van der Waals surface area contributed by atoms with E-state index in [0.29, 0.717) is 6.61 Å². The molecule has 0 rings (SSSR count). The van der Waals surface area contributed by atoms with Crippen LogP contribution in [-0.4, -0.2) is 28.9 Å². The Kier molecular flexibility index (Phi) is 9.02. The Morgan fingerprint density at radius 2 is 2.00 bits per heavy atom. The van der Waals surface area contributed by atoms with Crippen LogP contribution in [0.3, 0.4) is 0 Å². The monoisotopic (exact) mass is 219 g/mol. The van der Waals surface area contributed by atoms with Crippen LogP contribution < -0.4 is 5.73 Å². The SMILES string of the molecule is CCOC(=O)CN.O=P(O)(O)Cl. The third-order valence-corrected chi connectivity index (χ3v) is 0.472. The summed E-state index contributed by atoms with van der Waals surface area (Å²) in [5.74, 6) is -0.345. The number of carbonyl (C=O) groups excluding carboxylic acids is 1. The summed E-state index contributed by atoms with van der Waals surface area (Å²) in [7, 11) is 0. The van der Waals surface area contributed by atoms with E-state index in [1.54, 1.807) is 6.92 Å². The molecule has 4 N–H and O–H groups in total. The molecular weight excluding hydrogens is 208 g/mol. The molecule has 8 heteroatoms. The first-order valence-electron chi connectivity index (χ1n) is 2.92. The van der Waals surface area contributed by atoms with Gasteiger partial charge < -0.3 is 20.3 Å². The number of halogens is 1. The first-order valence-corrected chi connectivity index (χ1v) is 5.43. The zero-order valence-electron chi connectivity index (χ0n) is 6.44. The van der Waals surface area contributed by atoms with E-state index in [4.69, 9.17) is 20.1 Å². The first kappa shape index (κ1) is 14.4. The Balaban J connectivity index is 0. The Morgan fingerprint density at radius 3 is 2.08 bits per heavy atom. The molecule has 0 aromatic rings. The number of hydrogen-bond donors (Lipinski definition) is 3. The van der Waals surface area contributed by atoms with Crippen LogP contribution in [0.15, 0.2) is 0 Å². The fourth-order valence-electron chi connectivity index (χ4n) is 0.220. The van der Waals surface area contributed by atoms with E-state index in [0.717, 1.165) is 0 Å². The van der Waals surface area contributed by atoms with Gasteiger partial charge in [-0.1, -0.05) is 0 Å². The molecule has 12 heavy (non-hydrogen) atoms. The fourth-order valence-corrected chi connectivity index (χ4v) is 0.220. The fraction of sp³-hybridized carbons (Fsp3) is 0.750. The van der Waals surface area contributed by atoms with Gasteiger partial charge in [-0.2, -0.15) is 0 Å². The molecule has 0 radical (unpaired) electrons. The van der Waals surface area contributed by atoms with Crippen LogP contribution in [0.2, 0.25) is 0 Å². The van der Waals surface area contributed by atoms with Crippen LogP contribution in [0.5, 0.6) is 0 Å². The third-order valence-electron chi connectivity index (χ3n) is 0.472. The summed E-state index contributed by atoms with van der Waals surface area (Å²) in [4.78, 5) is 24.9. The lowest BCUT2D eigenvalue weighted by Gasteiger charge is -1.93. The predicted octanol–water partition coefficient (Wildman–Crippen LogP) is -0.174. The molecule has 0 fully saturated rings. The zero-order chi connectivity index (χ0) is 10.2. The number of hydrogen-bond acceptors (Lipinski definition) is 4. The van der Waals surface area contributed by atoms with Crippen molar-refractivity contribution < 1.29 is 23.9 Å². The van der Waals surface area contributed by atoms with Crippen LogP contribution in [0.1, 0.15) is 6.92 Å². The second-order valence-electron chi connectivity index (χ2n) is 1.48. The third kappa shape index (κ3) is 32.7. The second kappa shape index (κ2) is 7.52. The molecule has 0 amide bonds. The van der Waals surface area contributed by atoms with Crippen LogP contribution >= 0.6 is 18.2 Å². The lowest BCUT2D eigenvalue weighted by Crippen LogP contribution is -2.16. The van der Waals surface area contributed by atoms with Crippen LogP contribution in [-0.2, 0) is 14.1 Å². The molecule has 0 saturated heterocycles. The molecule has 0 aliphatic rings. The minimum atomic E-state index is -4.17. The molecule has 0 bridgehead atoms. The van der Waals surface area contributed by atoms with Gasteiger partial charge in [0.25, 0.3) is 0 Å². The van der Waals surface area contributed by atoms with Crippen LogP contribution in [0.25, 0.3) is 0 Å². The summed E-state index contributed by atoms with van der Waals surface area (Å²) in [5, 5.41) is 0. The maximum atomic E-state index is 10.1. The lowest BCUT2D eigenvalue weighted by atomic mass is 10.7. The van der Waals surface area contributed by atoms with E-state index in [2.05, 4.69) is 16.0 Å². The van der Waals surface area contributed by atoms with Gasteiger partial charge in [-0.25, -0.2) is 4.57 Å². The smallest absolute Gasteiger partial charge is 0.419 e. The Morgan fingerprint density at radius 1 is 1.67 bits per heavy atom. The molecule has 0 heterocycles. The van der Waals surface area contributed by atoms with Crippen molar-refractivity contribution in [3.8, 4) is 0 Å². The molecule has 74 valence electrons. The van der Waals surface area contributed by atoms with Crippen molar-refractivity contribution >= 4 is 24.2 Å². The predicted molar refractivity (Wildman–Crippen MR) is 43.6 cm³/mol. The molecule has 6 nitrogen and oxygen atoms in total. The molecule has 0 atom stereocenters. The van der Waals surface area contributed by atoms with Gasteiger partial charge in [0.05, 0.1) is 13.2 Å². The largest absolute Gasteiger partial charge is 0.465 e. The standard InChI is InChI=1S/C4H9NO2.ClH2O3P/c1-2-7-4(6)3-5;1-5(2,3)4/h2-3,5H2,1H3;(H2,2,3,4). The molecule has 0 aliphatic carbocycles. The van der Waals surface area contributed by atoms with Crippen molar-refractivity contribution in [2.45, 2.75) is 6.92 Å². The molecule has 0 aliphatic heterocycles. The summed E-state index contributed by atoms with van der Waals surface area (Å²) in [6.45, 7) is -2.03. The average Bonchev–Trinajstić information content (AvgIpc) is 1.85. The van der Waals surface area contributed by atoms with Gasteiger partial charge in [0, 0.05) is 11.2 Å². The van der Waals surface area contributed by atoms with E-state index >= 15 is 0 Å². The first-order chi connectivity index (χ1) is 5.31. The molecule has 0 aromatic carbocycles. The molecule has 0 aromatic heterocycles. The molecule has 0 saturated carbocycles. The van der Waals surface area contributed by atoms with Gasteiger partial charge in [0.2, 0.25) is 0 Å². The van der Waals surface area contributed by atoms with Crippen molar-refractivity contribution in [3.63, 3.8) is 0 Å². The van der Waals surface area contributed by atoms with E-state index in [1.165, 1.54) is 0 Å². The van der Waals surface area contributed by atoms with Crippen molar-refractivity contribution in [1.29, 1.82) is 0 Å². The number of rotatable bonds is 2. The lowest BCUT2D eigenvalue weighted by molar-refractivity contribution is -0.141.